The van der Waals surface area contributed by atoms with Gasteiger partial charge in [-0.05, 0) is 232 Å². The van der Waals surface area contributed by atoms with Crippen molar-refractivity contribution in [3.63, 3.8) is 0 Å². The average Bonchev–Trinajstić information content (AvgIpc) is 1.78. The van der Waals surface area contributed by atoms with Gasteiger partial charge in [0.15, 0.2) is 23.1 Å². The van der Waals surface area contributed by atoms with Crippen LogP contribution in [-0.4, -0.2) is 141 Å². The summed E-state index contributed by atoms with van der Waals surface area (Å²) in [5.41, 5.74) is -1.58. The second-order valence-electron chi connectivity index (χ2n) is 40.7. The van der Waals surface area contributed by atoms with E-state index in [2.05, 4.69) is 46.8 Å². The van der Waals surface area contributed by atoms with E-state index in [1.807, 2.05) is 107 Å². The Labute approximate surface area is 849 Å². The number of esters is 4. The van der Waals surface area contributed by atoms with E-state index in [4.69, 9.17) is 65.9 Å². The summed E-state index contributed by atoms with van der Waals surface area (Å²) in [6.45, 7) is 33.4. The first-order valence-electron chi connectivity index (χ1n) is 50.9. The summed E-state index contributed by atoms with van der Waals surface area (Å²) in [5.74, 6) is 1.78. The number of aliphatic carboxylic acids is 1. The van der Waals surface area contributed by atoms with Gasteiger partial charge >= 0.3 is 59.4 Å². The molecule has 0 radical (unpaired) electrons. The number of ether oxygens (including phenoxy) is 9. The molecule has 0 saturated carbocycles. The minimum atomic E-state index is -1.13. The molecule has 2 aromatic heterocycles. The van der Waals surface area contributed by atoms with Crippen molar-refractivity contribution in [3.8, 4) is 0 Å². The molecule has 1 N–H and O–H groups in total. The number of hydrogen-bond acceptors (Lipinski definition) is 23. The van der Waals surface area contributed by atoms with E-state index in [0.717, 1.165) is 184 Å². The predicted molar refractivity (Wildman–Crippen MR) is 530 cm³/mol. The first-order valence-corrected chi connectivity index (χ1v) is 51.5. The Hall–Kier alpha value is -5.77. The molecule has 780 valence electrons. The number of carbonyl (C=O) groups excluding carboxylic acids is 9. The van der Waals surface area contributed by atoms with Gasteiger partial charge < -0.3 is 65.9 Å². The number of ketones is 4. The second-order valence-corrected chi connectivity index (χ2v) is 40.8. The molecule has 3 rings (SSSR count). The van der Waals surface area contributed by atoms with Crippen molar-refractivity contribution in [2.75, 3.05) is 35.5 Å². The second kappa shape index (κ2) is 87.1. The fourth-order valence-electron chi connectivity index (χ4n) is 15.4. The van der Waals surface area contributed by atoms with Crippen LogP contribution in [0.15, 0.2) is 94.2 Å². The van der Waals surface area contributed by atoms with Crippen LogP contribution in [0.1, 0.15) is 450 Å². The molecular weight excluding hydrogens is 1760 g/mol. The minimum Gasteiger partial charge on any atom is -0.544 e. The number of carboxylic acid groups (broad SMARTS) is 1. The fraction of sp³-hybridized carbons (Fsp3) is 0.764. The third kappa shape index (κ3) is 89.6. The van der Waals surface area contributed by atoms with Crippen LogP contribution < -0.4 is 38.9 Å². The number of hydrogen-bond donors (Lipinski definition) is 1. The van der Waals surface area contributed by atoms with Gasteiger partial charge in [0.25, 0.3) is 0 Å². The zero-order valence-electron chi connectivity index (χ0n) is 89.1. The maximum Gasteiger partial charge on any atom is 1.00 e. The zero-order chi connectivity index (χ0) is 102. The van der Waals surface area contributed by atoms with Gasteiger partial charge in [0.1, 0.15) is 70.7 Å². The maximum absolute atomic E-state index is 12.0. The fourth-order valence-corrected chi connectivity index (χ4v) is 15.4. The number of methoxy groups -OCH3 is 5. The average molecular weight is 1950 g/mol. The van der Waals surface area contributed by atoms with Crippen LogP contribution in [0.5, 0.6) is 0 Å². The molecule has 0 spiro atoms. The van der Waals surface area contributed by atoms with Crippen molar-refractivity contribution in [3.05, 3.63) is 96.9 Å². The normalized spacial score (nSPS) is 16.2. The molecule has 0 fully saturated rings. The SMILES string of the molecule is COC(CCCC/C=C\CCC[C@@H](C)CC(=O)OC(C)(C)C)c1ccco1.COC(CCCCCCCCC[C@@H](C)CC(=O)OC(C)(C)C)C(=O)/C=C/C(=O)O.COC(CCCCCCCCC[C@@H](C)CC(=O)OC(C)(C)C)C(=O)/C=C/C=O.COC(CCCCCCCCC[C@@H](C)CC(=O)OC(C)(C)C)c1ccco1.COC1CCCCCCCCC[C@@H](C)CC(=O)/C=C/C1=O.[Na+].[O-][Cl+][O-]. The van der Waals surface area contributed by atoms with E-state index < -0.39 is 40.7 Å². The van der Waals surface area contributed by atoms with E-state index in [0.29, 0.717) is 80.8 Å². The quantitative estimate of drug-likeness (QED) is 0.0122. The zero-order valence-corrected chi connectivity index (χ0v) is 91.8. The number of aldehydes is 1. The largest absolute Gasteiger partial charge is 1.00 e. The molecule has 0 bridgehead atoms. The number of carbonyl (C=O) groups is 10. The summed E-state index contributed by atoms with van der Waals surface area (Å²) in [4.78, 5) is 115. The van der Waals surface area contributed by atoms with E-state index >= 15 is 0 Å². The number of allylic oxidation sites excluding steroid dienone is 4. The molecule has 0 saturated heterocycles. The predicted octanol–water partition coefficient (Wildman–Crippen LogP) is 22.6. The van der Waals surface area contributed by atoms with Crippen molar-refractivity contribution in [2.45, 2.75) is 479 Å². The first-order chi connectivity index (χ1) is 63.9. The molecule has 1 aliphatic carbocycles. The number of halogens is 1. The molecule has 5 unspecified atom stereocenters. The first kappa shape index (κ1) is 136. The topological polar surface area (TPSA) is 346 Å². The molecule has 1 aliphatic rings. The molecule has 10 atom stereocenters. The van der Waals surface area contributed by atoms with Crippen molar-refractivity contribution in [1.29, 1.82) is 0 Å². The Morgan fingerprint density at radius 2 is 0.735 bits per heavy atom. The summed E-state index contributed by atoms with van der Waals surface area (Å²) in [7, 11) is 8.05. The Bertz CT molecular complexity index is 3410. The molecule has 2 heterocycles. The smallest absolute Gasteiger partial charge is 0.544 e. The van der Waals surface area contributed by atoms with Gasteiger partial charge in [-0.25, -0.2) is 4.79 Å². The molecule has 0 amide bonds. The molecule has 0 aromatic carbocycles. The minimum absolute atomic E-state index is 0. The molecule has 0 aliphatic heterocycles. The van der Waals surface area contributed by atoms with E-state index in [1.165, 1.54) is 141 Å². The summed E-state index contributed by atoms with van der Waals surface area (Å²) in [5, 5.41) is 8.56. The van der Waals surface area contributed by atoms with E-state index in [9.17, 15) is 47.9 Å². The van der Waals surface area contributed by atoms with Crippen LogP contribution >= 0.6 is 0 Å². The van der Waals surface area contributed by atoms with Crippen LogP contribution in [-0.2, 0) is 90.6 Å². The van der Waals surface area contributed by atoms with E-state index in [1.54, 1.807) is 33.9 Å². The monoisotopic (exact) mass is 1950 g/mol. The molecule has 2 aromatic rings. The van der Waals surface area contributed by atoms with Crippen molar-refractivity contribution >= 4 is 59.3 Å². The third-order valence-electron chi connectivity index (χ3n) is 22.5. The van der Waals surface area contributed by atoms with Crippen LogP contribution in [0.4, 0.5) is 0 Å². The van der Waals surface area contributed by atoms with Gasteiger partial charge in [0.05, 0.1) is 23.9 Å². The Morgan fingerprint density at radius 1 is 0.426 bits per heavy atom. The van der Waals surface area contributed by atoms with Crippen LogP contribution in [0.3, 0.4) is 0 Å². The molecule has 136 heavy (non-hydrogen) atoms. The number of unbranched alkanes of at least 4 members (excludes halogenated alkanes) is 21. The van der Waals surface area contributed by atoms with Crippen molar-refractivity contribution in [2.24, 2.45) is 29.6 Å². The van der Waals surface area contributed by atoms with Crippen LogP contribution in [0.2, 0.25) is 0 Å². The number of furan rings is 2. The van der Waals surface area contributed by atoms with Gasteiger partial charge in [-0.1, -0.05) is 259 Å². The summed E-state index contributed by atoms with van der Waals surface area (Å²) < 4.78 is 75.4. The van der Waals surface area contributed by atoms with Gasteiger partial charge in [-0.15, -0.1) is 0 Å². The summed E-state index contributed by atoms with van der Waals surface area (Å²) in [6, 6.07) is 7.77. The number of rotatable bonds is 60. The number of carboxylic acids is 1. The Balaban J connectivity index is -0.000000795. The van der Waals surface area contributed by atoms with Crippen molar-refractivity contribution in [1.82, 2.24) is 0 Å². The van der Waals surface area contributed by atoms with Crippen LogP contribution in [0.25, 0.3) is 0 Å². The molecule has 26 heteroatoms. The van der Waals surface area contributed by atoms with Crippen molar-refractivity contribution < 1.29 is 155 Å². The molecular formula is C110H188ClNaO24. The van der Waals surface area contributed by atoms with Gasteiger partial charge in [0.2, 0.25) is 0 Å². The maximum atomic E-state index is 12.0. The van der Waals surface area contributed by atoms with Gasteiger partial charge in [-0.2, -0.15) is 0 Å². The van der Waals surface area contributed by atoms with E-state index in [-0.39, 0.29) is 106 Å². The standard InChI is InChI=1S/C23H40O6.C23H40O5.C23H40O4.C23H38O4.C18H30O3.ClO2.Na/c1-18(17-22(27)29-23(2,3)4)13-11-9-7-6-8-10-12-14-20(28-5)19(24)15-16-21(25)26;1-19(18-22(26)28-23(2,3)4)14-11-9-7-6-8-10-12-16-21(27-5)20(25)15-13-17-24;2*1-19(18-22(24)27-23(2,3)4)14-11-9-7-6-8-10-12-15-20(25-5)21-16-13-17-26-21;1-15-10-8-6-4-3-5-7-9-11-18(21-2)17(20)13-12-16(19)14-15;2-1-3;/h15-16,18,20H,6-14,17H2,1-5H3,(H,25,26);13,15,17,19,21H,6-12,14,16,18H2,1-5H3;13,16-17,19-20H,6-12,14-15,18H2,1-5H3;6-7,13,16-17,19-20H,8-12,14-15,18H2,1-5H3;12-13,15,18H,3-11,14H2,1-2H3;;/q;;;;;-1;+1/b16-15+;15-13+;;7-6-;13-12+;;/t18-,20?;19-,21?;2*19-,20?;15-,18?;;/m11111../s1. The Kier molecular flexibility index (Phi) is 87.4. The van der Waals surface area contributed by atoms with Gasteiger partial charge in [0, 0.05) is 73.7 Å². The summed E-state index contributed by atoms with van der Waals surface area (Å²) >= 11 is -0.417. The third-order valence-corrected chi connectivity index (χ3v) is 22.5. The summed E-state index contributed by atoms with van der Waals surface area (Å²) in [6.07, 6.45) is 64.9. The molecule has 24 nitrogen and oxygen atoms in total. The van der Waals surface area contributed by atoms with Gasteiger partial charge in [-0.3, -0.25) is 43.2 Å². The van der Waals surface area contributed by atoms with Crippen LogP contribution in [0, 0.1) is 40.9 Å². The Morgan fingerprint density at radius 3 is 1.05 bits per heavy atom.